The van der Waals surface area contributed by atoms with Crippen molar-refractivity contribution in [3.63, 3.8) is 0 Å². The second-order valence-corrected chi connectivity index (χ2v) is 6.61. The van der Waals surface area contributed by atoms with Gasteiger partial charge in [0.2, 0.25) is 0 Å². The van der Waals surface area contributed by atoms with Gasteiger partial charge in [0.05, 0.1) is 10.2 Å². The second-order valence-electron chi connectivity index (χ2n) is 5.15. The summed E-state index contributed by atoms with van der Waals surface area (Å²) in [5.41, 5.74) is 1.02. The van der Waals surface area contributed by atoms with E-state index in [-0.39, 0.29) is 0 Å². The van der Waals surface area contributed by atoms with E-state index in [4.69, 9.17) is 11.6 Å². The molecule has 0 bridgehead atoms. The van der Waals surface area contributed by atoms with Gasteiger partial charge in [0.1, 0.15) is 0 Å². The maximum Gasteiger partial charge on any atom is 0.183 e. The Hall–Kier alpha value is -0.800. The van der Waals surface area contributed by atoms with Gasteiger partial charge in [-0.05, 0) is 43.9 Å². The minimum Gasteiger partial charge on any atom is -0.359 e. The largest absolute Gasteiger partial charge is 0.359 e. The molecule has 0 radical (unpaired) electrons. The van der Waals surface area contributed by atoms with Crippen LogP contribution in [0.15, 0.2) is 18.2 Å². The number of benzene rings is 1. The van der Waals surface area contributed by atoms with Crippen molar-refractivity contribution in [2.75, 3.05) is 5.32 Å². The molecular formula is C14H19ClN2S. The average molecular weight is 283 g/mol. The van der Waals surface area contributed by atoms with E-state index in [1.165, 1.54) is 12.8 Å². The molecule has 0 aliphatic carbocycles. The summed E-state index contributed by atoms with van der Waals surface area (Å²) in [4.78, 5) is 4.57. The Morgan fingerprint density at radius 2 is 2.06 bits per heavy atom. The number of thiazole rings is 1. The SMILES string of the molecule is CC(C)CCC(C)Nc1nc2ccc(Cl)cc2s1. The van der Waals surface area contributed by atoms with Crippen molar-refractivity contribution in [2.24, 2.45) is 5.92 Å². The molecular weight excluding hydrogens is 264 g/mol. The van der Waals surface area contributed by atoms with Crippen LogP contribution in [0.4, 0.5) is 5.13 Å². The number of anilines is 1. The van der Waals surface area contributed by atoms with Gasteiger partial charge in [0, 0.05) is 11.1 Å². The second kappa shape index (κ2) is 5.89. The maximum atomic E-state index is 5.98. The molecule has 1 aromatic heterocycles. The number of aromatic nitrogens is 1. The zero-order valence-corrected chi connectivity index (χ0v) is 12.6. The summed E-state index contributed by atoms with van der Waals surface area (Å²) < 4.78 is 1.14. The monoisotopic (exact) mass is 282 g/mol. The van der Waals surface area contributed by atoms with Crippen molar-refractivity contribution in [1.29, 1.82) is 0 Å². The highest BCUT2D eigenvalue weighted by Crippen LogP contribution is 2.29. The molecule has 0 spiro atoms. The minimum atomic E-state index is 0.462. The van der Waals surface area contributed by atoms with Crippen LogP contribution in [0, 0.1) is 5.92 Å². The van der Waals surface area contributed by atoms with Crippen LogP contribution in [0.5, 0.6) is 0 Å². The first-order valence-electron chi connectivity index (χ1n) is 6.37. The van der Waals surface area contributed by atoms with E-state index in [1.807, 2.05) is 18.2 Å². The van der Waals surface area contributed by atoms with Crippen molar-refractivity contribution in [3.05, 3.63) is 23.2 Å². The van der Waals surface area contributed by atoms with Gasteiger partial charge in [-0.1, -0.05) is 36.8 Å². The number of nitrogens with zero attached hydrogens (tertiary/aromatic N) is 1. The van der Waals surface area contributed by atoms with Crippen LogP contribution >= 0.6 is 22.9 Å². The molecule has 2 nitrogen and oxygen atoms in total. The molecule has 4 heteroatoms. The van der Waals surface area contributed by atoms with Gasteiger partial charge in [-0.15, -0.1) is 0 Å². The normalized spacial score (nSPS) is 13.2. The molecule has 1 unspecified atom stereocenters. The molecule has 0 fully saturated rings. The molecule has 0 aliphatic heterocycles. The third-order valence-corrected chi connectivity index (χ3v) is 4.08. The third kappa shape index (κ3) is 3.59. The maximum absolute atomic E-state index is 5.98. The molecule has 1 N–H and O–H groups in total. The quantitative estimate of drug-likeness (QED) is 0.817. The molecule has 0 amide bonds. The average Bonchev–Trinajstić information content (AvgIpc) is 2.67. The molecule has 0 saturated heterocycles. The highest BCUT2D eigenvalue weighted by molar-refractivity contribution is 7.22. The van der Waals surface area contributed by atoms with E-state index in [9.17, 15) is 0 Å². The predicted molar refractivity (Wildman–Crippen MR) is 81.8 cm³/mol. The highest BCUT2D eigenvalue weighted by atomic mass is 35.5. The molecule has 0 aliphatic rings. The van der Waals surface area contributed by atoms with Crippen molar-refractivity contribution < 1.29 is 0 Å². The molecule has 1 atom stereocenters. The number of nitrogens with one attached hydrogen (secondary N) is 1. The molecule has 98 valence electrons. The first-order valence-corrected chi connectivity index (χ1v) is 7.56. The Bertz CT molecular complexity index is 521. The summed E-state index contributed by atoms with van der Waals surface area (Å²) in [6, 6.07) is 6.29. The first kappa shape index (κ1) is 13.6. The summed E-state index contributed by atoms with van der Waals surface area (Å²) in [6.07, 6.45) is 2.42. The van der Waals surface area contributed by atoms with Gasteiger partial charge in [0.25, 0.3) is 0 Å². The highest BCUT2D eigenvalue weighted by Gasteiger charge is 2.08. The van der Waals surface area contributed by atoms with Crippen LogP contribution in [0.1, 0.15) is 33.6 Å². The van der Waals surface area contributed by atoms with E-state index in [0.717, 1.165) is 26.3 Å². The lowest BCUT2D eigenvalue weighted by Gasteiger charge is -2.13. The molecule has 2 aromatic rings. The van der Waals surface area contributed by atoms with Crippen molar-refractivity contribution in [3.8, 4) is 0 Å². The van der Waals surface area contributed by atoms with Crippen LogP contribution in [-0.4, -0.2) is 11.0 Å². The van der Waals surface area contributed by atoms with Crippen LogP contribution in [0.3, 0.4) is 0 Å². The van der Waals surface area contributed by atoms with Gasteiger partial charge in [-0.3, -0.25) is 0 Å². The molecule has 1 heterocycles. The van der Waals surface area contributed by atoms with Crippen molar-refractivity contribution in [1.82, 2.24) is 4.98 Å². The Kier molecular flexibility index (Phi) is 4.46. The van der Waals surface area contributed by atoms with Gasteiger partial charge < -0.3 is 5.32 Å². The Morgan fingerprint density at radius 1 is 1.28 bits per heavy atom. The van der Waals surface area contributed by atoms with Crippen LogP contribution in [0.25, 0.3) is 10.2 Å². The number of rotatable bonds is 5. The summed E-state index contributed by atoms with van der Waals surface area (Å²) in [5.74, 6) is 0.753. The van der Waals surface area contributed by atoms with E-state index in [2.05, 4.69) is 31.1 Å². The molecule has 1 aromatic carbocycles. The summed E-state index contributed by atoms with van der Waals surface area (Å²) >= 11 is 7.64. The Balaban J connectivity index is 2.03. The van der Waals surface area contributed by atoms with Gasteiger partial charge in [0.15, 0.2) is 5.13 Å². The lowest BCUT2D eigenvalue weighted by Crippen LogP contribution is -2.15. The Morgan fingerprint density at radius 3 is 2.78 bits per heavy atom. The summed E-state index contributed by atoms with van der Waals surface area (Å²) in [7, 11) is 0. The smallest absolute Gasteiger partial charge is 0.183 e. The van der Waals surface area contributed by atoms with E-state index >= 15 is 0 Å². The fourth-order valence-corrected chi connectivity index (χ4v) is 3.08. The number of hydrogen-bond donors (Lipinski definition) is 1. The van der Waals surface area contributed by atoms with Crippen LogP contribution in [0.2, 0.25) is 5.02 Å². The minimum absolute atomic E-state index is 0.462. The zero-order chi connectivity index (χ0) is 13.1. The third-order valence-electron chi connectivity index (χ3n) is 2.90. The predicted octanol–water partition coefficient (Wildman–Crippen LogP) is 5.19. The standard InChI is InChI=1S/C14H19ClN2S/c1-9(2)4-5-10(3)16-14-17-12-7-6-11(15)8-13(12)18-14/h6-10H,4-5H2,1-3H3,(H,16,17). The first-order chi connectivity index (χ1) is 8.54. The van der Waals surface area contributed by atoms with Crippen molar-refractivity contribution >= 4 is 38.3 Å². The summed E-state index contributed by atoms with van der Waals surface area (Å²) in [5, 5.41) is 5.23. The fraction of sp³-hybridized carbons (Fsp3) is 0.500. The van der Waals surface area contributed by atoms with Crippen molar-refractivity contribution in [2.45, 2.75) is 39.7 Å². The zero-order valence-electron chi connectivity index (χ0n) is 11.0. The van der Waals surface area contributed by atoms with Gasteiger partial charge >= 0.3 is 0 Å². The number of hydrogen-bond acceptors (Lipinski definition) is 3. The summed E-state index contributed by atoms with van der Waals surface area (Å²) in [6.45, 7) is 6.72. The van der Waals surface area contributed by atoms with Crippen LogP contribution in [-0.2, 0) is 0 Å². The van der Waals surface area contributed by atoms with E-state index in [1.54, 1.807) is 11.3 Å². The number of fused-ring (bicyclic) bond motifs is 1. The lowest BCUT2D eigenvalue weighted by molar-refractivity contribution is 0.527. The topological polar surface area (TPSA) is 24.9 Å². The molecule has 18 heavy (non-hydrogen) atoms. The van der Waals surface area contributed by atoms with E-state index in [0.29, 0.717) is 6.04 Å². The fourth-order valence-electron chi connectivity index (χ4n) is 1.83. The van der Waals surface area contributed by atoms with Crippen LogP contribution < -0.4 is 5.32 Å². The van der Waals surface area contributed by atoms with Gasteiger partial charge in [-0.25, -0.2) is 4.98 Å². The molecule has 2 rings (SSSR count). The molecule has 0 saturated carbocycles. The number of halogens is 1. The Labute approximate surface area is 117 Å². The lowest BCUT2D eigenvalue weighted by atomic mass is 10.0. The van der Waals surface area contributed by atoms with Gasteiger partial charge in [-0.2, -0.15) is 0 Å². The van der Waals surface area contributed by atoms with E-state index < -0.39 is 0 Å².